The number of aliphatic hydroxyl groups is 1. The minimum absolute atomic E-state index is 0.0447. The van der Waals surface area contributed by atoms with E-state index in [0.29, 0.717) is 5.92 Å². The Hall–Kier alpha value is -1.46. The molecule has 2 saturated carbocycles. The average Bonchev–Trinajstić information content (AvgIpc) is 2.41. The van der Waals surface area contributed by atoms with Gasteiger partial charge in [0.15, 0.2) is 0 Å². The summed E-state index contributed by atoms with van der Waals surface area (Å²) < 4.78 is 5.60. The summed E-state index contributed by atoms with van der Waals surface area (Å²) in [6.45, 7) is 5.80. The van der Waals surface area contributed by atoms with E-state index in [1.165, 1.54) is 0 Å². The highest BCUT2D eigenvalue weighted by Crippen LogP contribution is 2.37. The molecule has 0 aromatic rings. The van der Waals surface area contributed by atoms with E-state index in [1.807, 2.05) is 25.7 Å². The number of nitrogens with zero attached hydrogens (tertiary/aromatic N) is 4. The topological polar surface area (TPSA) is 98.5 Å². The number of ether oxygens (including phenoxy) is 1. The van der Waals surface area contributed by atoms with Crippen LogP contribution in [0.4, 0.5) is 4.79 Å². The first-order chi connectivity index (χ1) is 10.8. The van der Waals surface area contributed by atoms with Crippen LogP contribution in [-0.4, -0.2) is 46.4 Å². The van der Waals surface area contributed by atoms with E-state index in [2.05, 4.69) is 10.0 Å². The molecule has 0 spiro atoms. The van der Waals surface area contributed by atoms with Gasteiger partial charge in [-0.05, 0) is 70.7 Å². The summed E-state index contributed by atoms with van der Waals surface area (Å²) in [4.78, 5) is 17.4. The van der Waals surface area contributed by atoms with Crippen molar-refractivity contribution in [1.29, 1.82) is 0 Å². The second kappa shape index (κ2) is 7.41. The van der Waals surface area contributed by atoms with Crippen molar-refractivity contribution in [2.45, 2.75) is 83.0 Å². The molecule has 0 aromatic carbocycles. The summed E-state index contributed by atoms with van der Waals surface area (Å²) in [5.41, 5.74) is 8.04. The minimum Gasteiger partial charge on any atom is -0.444 e. The number of amides is 1. The molecule has 23 heavy (non-hydrogen) atoms. The van der Waals surface area contributed by atoms with Crippen LogP contribution in [0.1, 0.15) is 59.3 Å². The van der Waals surface area contributed by atoms with Crippen molar-refractivity contribution in [3.63, 3.8) is 0 Å². The summed E-state index contributed by atoms with van der Waals surface area (Å²) in [5, 5.41) is 13.0. The van der Waals surface area contributed by atoms with E-state index >= 15 is 0 Å². The normalized spacial score (nSPS) is 30.8. The summed E-state index contributed by atoms with van der Waals surface area (Å²) in [7, 11) is 0. The predicted molar refractivity (Wildman–Crippen MR) is 86.9 cm³/mol. The summed E-state index contributed by atoms with van der Waals surface area (Å²) in [6.07, 6.45) is 4.71. The van der Waals surface area contributed by atoms with Gasteiger partial charge in [0.2, 0.25) is 0 Å². The smallest absolute Gasteiger partial charge is 0.410 e. The summed E-state index contributed by atoms with van der Waals surface area (Å²) in [5.74, 6) is 0.296. The monoisotopic (exact) mass is 324 g/mol. The molecular weight excluding hydrogens is 296 g/mol. The molecule has 7 nitrogen and oxygen atoms in total. The molecule has 0 atom stereocenters. The predicted octanol–water partition coefficient (Wildman–Crippen LogP) is 3.62. The van der Waals surface area contributed by atoms with Crippen LogP contribution in [0.25, 0.3) is 10.4 Å². The lowest BCUT2D eigenvalue weighted by Gasteiger charge is -2.47. The van der Waals surface area contributed by atoms with Crippen LogP contribution in [0, 0.1) is 5.92 Å². The Morgan fingerprint density at radius 3 is 2.35 bits per heavy atom. The fourth-order valence-corrected chi connectivity index (χ4v) is 3.51. The third-order valence-corrected chi connectivity index (χ3v) is 4.74. The van der Waals surface area contributed by atoms with E-state index in [0.717, 1.165) is 38.5 Å². The van der Waals surface area contributed by atoms with Gasteiger partial charge in [-0.15, -0.1) is 0 Å². The van der Waals surface area contributed by atoms with Crippen LogP contribution in [0.2, 0.25) is 0 Å². The second-order valence-corrected chi connectivity index (χ2v) is 7.73. The first-order valence-electron chi connectivity index (χ1n) is 8.50. The molecular formula is C16H28N4O3. The summed E-state index contributed by atoms with van der Waals surface area (Å²) >= 11 is 0. The Bertz CT molecular complexity index is 456. The molecule has 0 heterocycles. The Morgan fingerprint density at radius 2 is 1.87 bits per heavy atom. The number of azide groups is 1. The molecule has 0 bridgehead atoms. The molecule has 2 aliphatic rings. The second-order valence-electron chi connectivity index (χ2n) is 7.73. The third kappa shape index (κ3) is 4.75. The molecule has 2 aliphatic carbocycles. The van der Waals surface area contributed by atoms with E-state index in [9.17, 15) is 9.90 Å². The van der Waals surface area contributed by atoms with Crippen LogP contribution in [0.3, 0.4) is 0 Å². The molecule has 2 rings (SSSR count). The number of hydrogen-bond acceptors (Lipinski definition) is 4. The number of aliphatic hydroxyl groups excluding tert-OH is 1. The van der Waals surface area contributed by atoms with Gasteiger partial charge in [0.25, 0.3) is 0 Å². The Balaban J connectivity index is 2.02. The highest BCUT2D eigenvalue weighted by Gasteiger charge is 2.41. The first kappa shape index (κ1) is 17.9. The molecule has 0 aromatic heterocycles. The van der Waals surface area contributed by atoms with Crippen LogP contribution in [0.5, 0.6) is 0 Å². The van der Waals surface area contributed by atoms with Crippen molar-refractivity contribution in [3.8, 4) is 0 Å². The number of rotatable bonds is 4. The van der Waals surface area contributed by atoms with Gasteiger partial charge in [0.05, 0.1) is 0 Å². The molecule has 2 fully saturated rings. The maximum atomic E-state index is 12.7. The lowest BCUT2D eigenvalue weighted by Crippen LogP contribution is -2.55. The van der Waals surface area contributed by atoms with Gasteiger partial charge < -0.3 is 14.7 Å². The minimum atomic E-state index is -0.516. The fraction of sp³-hybridized carbons (Fsp3) is 0.938. The largest absolute Gasteiger partial charge is 0.444 e. The molecule has 0 radical (unpaired) electrons. The first-order valence-corrected chi connectivity index (χ1v) is 8.50. The molecule has 0 saturated heterocycles. The Labute approximate surface area is 137 Å². The maximum absolute atomic E-state index is 12.7. The van der Waals surface area contributed by atoms with Crippen molar-refractivity contribution >= 4 is 6.09 Å². The van der Waals surface area contributed by atoms with Gasteiger partial charge in [-0.1, -0.05) is 5.11 Å². The van der Waals surface area contributed by atoms with Crippen LogP contribution in [0.15, 0.2) is 5.11 Å². The molecule has 130 valence electrons. The zero-order chi connectivity index (χ0) is 17.0. The van der Waals surface area contributed by atoms with Crippen LogP contribution < -0.4 is 0 Å². The van der Waals surface area contributed by atoms with Crippen molar-refractivity contribution in [2.75, 3.05) is 6.61 Å². The van der Waals surface area contributed by atoms with Gasteiger partial charge in [-0.2, -0.15) is 0 Å². The molecule has 0 unspecified atom stereocenters. The van der Waals surface area contributed by atoms with Gasteiger partial charge in [0.1, 0.15) is 5.60 Å². The Morgan fingerprint density at radius 1 is 1.26 bits per heavy atom. The van der Waals surface area contributed by atoms with E-state index in [4.69, 9.17) is 10.3 Å². The van der Waals surface area contributed by atoms with Crippen molar-refractivity contribution < 1.29 is 14.6 Å². The third-order valence-electron chi connectivity index (χ3n) is 4.74. The molecule has 1 amide bonds. The number of hydrogen-bond donors (Lipinski definition) is 1. The highest BCUT2D eigenvalue weighted by molar-refractivity contribution is 5.69. The average molecular weight is 324 g/mol. The number of carbonyl (C=O) groups excluding carboxylic acids is 1. The quantitative estimate of drug-likeness (QED) is 0.485. The van der Waals surface area contributed by atoms with E-state index in [-0.39, 0.29) is 30.8 Å². The number of carbonyl (C=O) groups is 1. The fourth-order valence-electron chi connectivity index (χ4n) is 3.51. The lowest BCUT2D eigenvalue weighted by molar-refractivity contribution is -0.0286. The van der Waals surface area contributed by atoms with Gasteiger partial charge in [0, 0.05) is 29.6 Å². The molecule has 1 N–H and O–H groups in total. The standard InChI is InChI=1S/C16H28N4O3/c1-16(2,3)23-15(22)20(14-8-11(9-14)10-21)13-6-4-12(5-7-13)18-19-17/h11-14,21H,4-10H2,1-3H3/t11?,12-,13-,14?. The Kier molecular flexibility index (Phi) is 5.76. The van der Waals surface area contributed by atoms with E-state index in [1.54, 1.807) is 0 Å². The zero-order valence-electron chi connectivity index (χ0n) is 14.3. The van der Waals surface area contributed by atoms with Gasteiger partial charge in [-0.25, -0.2) is 4.79 Å². The van der Waals surface area contributed by atoms with Crippen LogP contribution in [-0.2, 0) is 4.74 Å². The maximum Gasteiger partial charge on any atom is 0.410 e. The summed E-state index contributed by atoms with van der Waals surface area (Å²) in [6, 6.07) is 0.339. The van der Waals surface area contributed by atoms with Gasteiger partial charge in [-0.3, -0.25) is 0 Å². The highest BCUT2D eigenvalue weighted by atomic mass is 16.6. The van der Waals surface area contributed by atoms with Crippen LogP contribution >= 0.6 is 0 Å². The SMILES string of the molecule is CC(C)(C)OC(=O)N(C1CC(CO)C1)[C@H]1CC[C@H](N=[N+]=[N-])CC1. The molecule has 7 heteroatoms. The van der Waals surface area contributed by atoms with E-state index < -0.39 is 5.60 Å². The molecule has 0 aliphatic heterocycles. The van der Waals surface area contributed by atoms with Gasteiger partial charge >= 0.3 is 6.09 Å². The van der Waals surface area contributed by atoms with Crippen molar-refractivity contribution in [1.82, 2.24) is 4.90 Å². The van der Waals surface area contributed by atoms with Crippen molar-refractivity contribution in [2.24, 2.45) is 11.0 Å². The lowest BCUT2D eigenvalue weighted by atomic mass is 9.78. The zero-order valence-corrected chi connectivity index (χ0v) is 14.3. The van der Waals surface area contributed by atoms with Crippen molar-refractivity contribution in [3.05, 3.63) is 10.4 Å².